The SMILES string of the molecule is O=C(O)CSn1cnc2ccccc21. The van der Waals surface area contributed by atoms with Gasteiger partial charge in [-0.3, -0.25) is 8.77 Å². The van der Waals surface area contributed by atoms with Crippen molar-refractivity contribution in [3.8, 4) is 0 Å². The Bertz CT molecular complexity index is 467. The van der Waals surface area contributed by atoms with Crippen LogP contribution in [0.4, 0.5) is 0 Å². The molecule has 2 aromatic rings. The number of hydrogen-bond donors (Lipinski definition) is 1. The third-order valence-corrected chi connectivity index (χ3v) is 2.69. The molecule has 1 aromatic heterocycles. The van der Waals surface area contributed by atoms with Crippen molar-refractivity contribution in [1.29, 1.82) is 0 Å². The maximum absolute atomic E-state index is 10.4. The van der Waals surface area contributed by atoms with Gasteiger partial charge in [0.1, 0.15) is 12.1 Å². The smallest absolute Gasteiger partial charge is 0.315 e. The number of carboxylic acid groups (broad SMARTS) is 1. The minimum atomic E-state index is -0.826. The van der Waals surface area contributed by atoms with Crippen molar-refractivity contribution in [2.24, 2.45) is 0 Å². The highest BCUT2D eigenvalue weighted by Gasteiger charge is 2.03. The van der Waals surface area contributed by atoms with E-state index in [-0.39, 0.29) is 5.75 Å². The zero-order valence-corrected chi connectivity index (χ0v) is 8.07. The first-order valence-corrected chi connectivity index (χ1v) is 4.99. The summed E-state index contributed by atoms with van der Waals surface area (Å²) in [6, 6.07) is 7.62. The first-order valence-electron chi connectivity index (χ1n) is 4.04. The lowest BCUT2D eigenvalue weighted by Crippen LogP contribution is -2.00. The van der Waals surface area contributed by atoms with Gasteiger partial charge in [-0.15, -0.1) is 0 Å². The van der Waals surface area contributed by atoms with E-state index in [1.165, 1.54) is 11.9 Å². The number of para-hydroxylation sites is 2. The summed E-state index contributed by atoms with van der Waals surface area (Å²) in [5, 5.41) is 8.53. The van der Waals surface area contributed by atoms with Gasteiger partial charge < -0.3 is 5.11 Å². The van der Waals surface area contributed by atoms with Crippen molar-refractivity contribution in [2.45, 2.75) is 0 Å². The summed E-state index contributed by atoms with van der Waals surface area (Å²) in [6.45, 7) is 0. The molecule has 0 saturated heterocycles. The summed E-state index contributed by atoms with van der Waals surface area (Å²) in [5.41, 5.74) is 1.82. The lowest BCUT2D eigenvalue weighted by Gasteiger charge is -1.98. The Balaban J connectivity index is 2.29. The molecule has 4 nitrogen and oxygen atoms in total. The van der Waals surface area contributed by atoms with E-state index in [0.29, 0.717) is 0 Å². The molecule has 2 rings (SSSR count). The average Bonchev–Trinajstić information content (AvgIpc) is 2.58. The summed E-state index contributed by atoms with van der Waals surface area (Å²) in [4.78, 5) is 14.5. The normalized spacial score (nSPS) is 10.6. The Morgan fingerprint density at radius 1 is 1.50 bits per heavy atom. The van der Waals surface area contributed by atoms with Crippen LogP contribution >= 0.6 is 11.9 Å². The second-order valence-electron chi connectivity index (χ2n) is 2.73. The van der Waals surface area contributed by atoms with Crippen molar-refractivity contribution in [3.63, 3.8) is 0 Å². The van der Waals surface area contributed by atoms with Crippen LogP contribution in [-0.4, -0.2) is 25.8 Å². The molecule has 0 unspecified atom stereocenters. The van der Waals surface area contributed by atoms with Crippen LogP contribution in [-0.2, 0) is 4.79 Å². The molecule has 0 atom stereocenters. The average molecular weight is 208 g/mol. The van der Waals surface area contributed by atoms with Crippen LogP contribution in [0.5, 0.6) is 0 Å². The van der Waals surface area contributed by atoms with Gasteiger partial charge >= 0.3 is 5.97 Å². The van der Waals surface area contributed by atoms with Crippen LogP contribution in [0.3, 0.4) is 0 Å². The lowest BCUT2D eigenvalue weighted by atomic mass is 10.3. The highest BCUT2D eigenvalue weighted by molar-refractivity contribution is 7.98. The van der Waals surface area contributed by atoms with Gasteiger partial charge in [0.05, 0.1) is 11.0 Å². The summed E-state index contributed by atoms with van der Waals surface area (Å²) in [6.07, 6.45) is 1.64. The Morgan fingerprint density at radius 3 is 3.07 bits per heavy atom. The predicted molar refractivity (Wildman–Crippen MR) is 55.2 cm³/mol. The zero-order valence-electron chi connectivity index (χ0n) is 7.25. The lowest BCUT2D eigenvalue weighted by molar-refractivity contribution is -0.133. The van der Waals surface area contributed by atoms with Crippen molar-refractivity contribution < 1.29 is 9.90 Å². The molecule has 0 aliphatic heterocycles. The fourth-order valence-electron chi connectivity index (χ4n) is 1.16. The van der Waals surface area contributed by atoms with Crippen molar-refractivity contribution in [1.82, 2.24) is 8.96 Å². The van der Waals surface area contributed by atoms with Crippen LogP contribution < -0.4 is 0 Å². The van der Waals surface area contributed by atoms with Gasteiger partial charge in [0.15, 0.2) is 0 Å². The molecule has 0 radical (unpaired) electrons. The van der Waals surface area contributed by atoms with Gasteiger partial charge in [-0.05, 0) is 24.1 Å². The molecule has 1 heterocycles. The van der Waals surface area contributed by atoms with E-state index in [9.17, 15) is 4.79 Å². The second kappa shape index (κ2) is 3.71. The fourth-order valence-corrected chi connectivity index (χ4v) is 1.82. The number of carbonyl (C=O) groups is 1. The van der Waals surface area contributed by atoms with Crippen molar-refractivity contribution in [2.75, 3.05) is 5.75 Å². The zero-order chi connectivity index (χ0) is 9.97. The largest absolute Gasteiger partial charge is 0.481 e. The number of nitrogens with zero attached hydrogens (tertiary/aromatic N) is 2. The number of rotatable bonds is 3. The van der Waals surface area contributed by atoms with E-state index in [0.717, 1.165) is 11.0 Å². The Morgan fingerprint density at radius 2 is 2.29 bits per heavy atom. The highest BCUT2D eigenvalue weighted by Crippen LogP contribution is 2.17. The van der Waals surface area contributed by atoms with Crippen molar-refractivity contribution in [3.05, 3.63) is 30.6 Å². The summed E-state index contributed by atoms with van der Waals surface area (Å²) in [7, 11) is 0. The molecule has 0 spiro atoms. The third-order valence-electron chi connectivity index (χ3n) is 1.75. The first kappa shape index (κ1) is 9.08. The monoisotopic (exact) mass is 208 g/mol. The van der Waals surface area contributed by atoms with Crippen LogP contribution in [0.25, 0.3) is 11.0 Å². The second-order valence-corrected chi connectivity index (χ2v) is 3.67. The number of hydrogen-bond acceptors (Lipinski definition) is 3. The molecule has 0 aliphatic rings. The number of aliphatic carboxylic acids is 1. The van der Waals surface area contributed by atoms with Gasteiger partial charge in [-0.2, -0.15) is 0 Å². The number of imidazole rings is 1. The van der Waals surface area contributed by atoms with Crippen LogP contribution in [0.2, 0.25) is 0 Å². The topological polar surface area (TPSA) is 55.1 Å². The molecule has 0 amide bonds. The van der Waals surface area contributed by atoms with E-state index in [4.69, 9.17) is 5.11 Å². The maximum Gasteiger partial charge on any atom is 0.315 e. The van der Waals surface area contributed by atoms with Gasteiger partial charge in [0.2, 0.25) is 0 Å². The van der Waals surface area contributed by atoms with Crippen molar-refractivity contribution >= 4 is 29.0 Å². The molecule has 0 bridgehead atoms. The molecule has 5 heteroatoms. The quantitative estimate of drug-likeness (QED) is 0.832. The van der Waals surface area contributed by atoms with E-state index in [1.54, 1.807) is 10.3 Å². The molecule has 14 heavy (non-hydrogen) atoms. The molecule has 1 aromatic carbocycles. The van der Waals surface area contributed by atoms with E-state index in [1.807, 2.05) is 24.3 Å². The standard InChI is InChI=1S/C9H8N2O2S/c12-9(13)5-14-11-6-10-7-3-1-2-4-8(7)11/h1-4,6H,5H2,(H,12,13). The number of benzene rings is 1. The Hall–Kier alpha value is -1.49. The summed E-state index contributed by atoms with van der Waals surface area (Å²) in [5.74, 6) is -0.784. The molecular formula is C9H8N2O2S. The van der Waals surface area contributed by atoms with Crippen LogP contribution in [0, 0.1) is 0 Å². The fraction of sp³-hybridized carbons (Fsp3) is 0.111. The Labute approximate surface area is 84.7 Å². The highest BCUT2D eigenvalue weighted by atomic mass is 32.2. The molecular weight excluding hydrogens is 200 g/mol. The summed E-state index contributed by atoms with van der Waals surface area (Å²) < 4.78 is 1.77. The van der Waals surface area contributed by atoms with Gasteiger partial charge in [-0.25, -0.2) is 4.98 Å². The van der Waals surface area contributed by atoms with Gasteiger partial charge in [0.25, 0.3) is 0 Å². The van der Waals surface area contributed by atoms with E-state index in [2.05, 4.69) is 4.98 Å². The predicted octanol–water partition coefficient (Wildman–Crippen LogP) is 1.62. The summed E-state index contributed by atoms with van der Waals surface area (Å²) >= 11 is 1.22. The molecule has 0 aliphatic carbocycles. The number of fused-ring (bicyclic) bond motifs is 1. The van der Waals surface area contributed by atoms with Crippen LogP contribution in [0.1, 0.15) is 0 Å². The first-order chi connectivity index (χ1) is 6.77. The minimum absolute atomic E-state index is 0.0420. The maximum atomic E-state index is 10.4. The van der Waals surface area contributed by atoms with Gasteiger partial charge in [-0.1, -0.05) is 12.1 Å². The Kier molecular flexibility index (Phi) is 2.41. The number of aromatic nitrogens is 2. The van der Waals surface area contributed by atoms with Crippen LogP contribution in [0.15, 0.2) is 30.6 Å². The third kappa shape index (κ3) is 1.72. The molecule has 0 saturated carbocycles. The van der Waals surface area contributed by atoms with E-state index >= 15 is 0 Å². The molecule has 1 N–H and O–H groups in total. The molecule has 72 valence electrons. The molecule has 0 fully saturated rings. The van der Waals surface area contributed by atoms with Gasteiger partial charge in [0, 0.05) is 0 Å². The minimum Gasteiger partial charge on any atom is -0.481 e. The number of carboxylic acids is 1. The van der Waals surface area contributed by atoms with E-state index < -0.39 is 5.97 Å².